The first-order chi connectivity index (χ1) is 19.1. The van der Waals surface area contributed by atoms with Gasteiger partial charge in [-0.15, -0.1) is 12.8 Å². The minimum absolute atomic E-state index is 0.00211. The highest BCUT2D eigenvalue weighted by molar-refractivity contribution is 5.82. The third-order valence-electron chi connectivity index (χ3n) is 9.14. The van der Waals surface area contributed by atoms with E-state index in [9.17, 15) is 0 Å². The summed E-state index contributed by atoms with van der Waals surface area (Å²) in [6.07, 6.45) is 24.3. The summed E-state index contributed by atoms with van der Waals surface area (Å²) in [4.78, 5) is 5.07. The molecule has 0 bridgehead atoms. The summed E-state index contributed by atoms with van der Waals surface area (Å²) in [6, 6.07) is 13.4. The van der Waals surface area contributed by atoms with E-state index in [4.69, 9.17) is 12.8 Å². The van der Waals surface area contributed by atoms with Crippen molar-refractivity contribution in [2.75, 3.05) is 39.3 Å². The monoisotopic (exact) mass is 524 g/mol. The molecule has 0 heterocycles. The summed E-state index contributed by atoms with van der Waals surface area (Å²) < 4.78 is 0. The van der Waals surface area contributed by atoms with Crippen LogP contribution in [0.2, 0.25) is 0 Å². The molecule has 2 heteroatoms. The van der Waals surface area contributed by atoms with Crippen molar-refractivity contribution in [3.8, 4) is 35.8 Å². The van der Waals surface area contributed by atoms with Crippen molar-refractivity contribution in [3.05, 3.63) is 58.7 Å². The molecule has 0 spiro atoms. The smallest absolute Gasteiger partial charge is 0.0246 e. The molecule has 0 saturated carbocycles. The summed E-state index contributed by atoms with van der Waals surface area (Å²) in [5.74, 6) is 5.83. The van der Waals surface area contributed by atoms with E-state index in [0.29, 0.717) is 0 Å². The molecular weight excluding hydrogens is 472 g/mol. The third-order valence-corrected chi connectivity index (χ3v) is 9.14. The van der Waals surface area contributed by atoms with E-state index >= 15 is 0 Å². The molecule has 2 aromatic carbocycles. The van der Waals surface area contributed by atoms with Crippen molar-refractivity contribution in [2.45, 2.75) is 97.3 Å². The van der Waals surface area contributed by atoms with Crippen LogP contribution in [0, 0.1) is 24.7 Å². The van der Waals surface area contributed by atoms with Gasteiger partial charge in [-0.1, -0.05) is 90.2 Å². The van der Waals surface area contributed by atoms with Gasteiger partial charge in [0.15, 0.2) is 0 Å². The van der Waals surface area contributed by atoms with E-state index in [1.807, 2.05) is 0 Å². The zero-order valence-electron chi connectivity index (χ0n) is 25.3. The fourth-order valence-electron chi connectivity index (χ4n) is 6.65. The molecule has 0 fully saturated rings. The molecule has 3 rings (SSSR count). The Hall–Kier alpha value is -2.52. The van der Waals surface area contributed by atoms with Crippen LogP contribution in [0.5, 0.6) is 0 Å². The van der Waals surface area contributed by atoms with Gasteiger partial charge < -0.3 is 9.80 Å². The standard InChI is InChI=1S/C37H52N2/c1-7-31-21-23-33-34-24-22-32(8-2)30-36(34)37(35(33)29-31,25-17-13-15-19-27-38(9-3)10-4)26-18-14-16-20-28-39(11-5)12-6/h1-2,21-24,29-30H,9-20,25-28H2,3-6H3. The Morgan fingerprint density at radius 1 is 0.564 bits per heavy atom. The van der Waals surface area contributed by atoms with Crippen molar-refractivity contribution >= 4 is 0 Å². The van der Waals surface area contributed by atoms with Gasteiger partial charge in [-0.2, -0.15) is 0 Å². The highest BCUT2D eigenvalue weighted by Crippen LogP contribution is 2.54. The van der Waals surface area contributed by atoms with Gasteiger partial charge in [0.05, 0.1) is 0 Å². The zero-order valence-corrected chi connectivity index (χ0v) is 25.3. The SMILES string of the molecule is C#Cc1ccc2c(c1)C(CCCCCCN(CC)CC)(CCCCCCN(CC)CC)c1cc(C#C)ccc1-2. The Kier molecular flexibility index (Phi) is 12.7. The number of unbranched alkanes of at least 4 members (excludes halogenated alkanes) is 6. The Morgan fingerprint density at radius 3 is 1.31 bits per heavy atom. The average molecular weight is 525 g/mol. The maximum atomic E-state index is 5.90. The summed E-state index contributed by atoms with van der Waals surface area (Å²) in [5, 5.41) is 0. The number of hydrogen-bond donors (Lipinski definition) is 0. The van der Waals surface area contributed by atoms with Crippen LogP contribution >= 0.6 is 0 Å². The van der Waals surface area contributed by atoms with Gasteiger partial charge in [0.2, 0.25) is 0 Å². The van der Waals surface area contributed by atoms with Gasteiger partial charge >= 0.3 is 0 Å². The van der Waals surface area contributed by atoms with E-state index in [1.165, 1.54) is 99.6 Å². The van der Waals surface area contributed by atoms with Gasteiger partial charge in [0, 0.05) is 16.5 Å². The highest BCUT2D eigenvalue weighted by atomic mass is 15.1. The summed E-state index contributed by atoms with van der Waals surface area (Å²) in [5.41, 5.74) is 7.57. The van der Waals surface area contributed by atoms with E-state index in [0.717, 1.165) is 37.3 Å². The number of hydrogen-bond acceptors (Lipinski definition) is 2. The number of terminal acetylenes is 2. The molecule has 0 atom stereocenters. The molecule has 210 valence electrons. The lowest BCUT2D eigenvalue weighted by atomic mass is 9.70. The molecule has 0 unspecified atom stereocenters. The molecule has 0 radical (unpaired) electrons. The van der Waals surface area contributed by atoms with Crippen molar-refractivity contribution in [1.29, 1.82) is 0 Å². The van der Waals surface area contributed by atoms with Crippen molar-refractivity contribution in [1.82, 2.24) is 9.80 Å². The first-order valence-corrected chi connectivity index (χ1v) is 15.7. The van der Waals surface area contributed by atoms with Gasteiger partial charge in [-0.05, 0) is 111 Å². The van der Waals surface area contributed by atoms with E-state index in [2.05, 4.69) is 85.7 Å². The summed E-state index contributed by atoms with van der Waals surface area (Å²) >= 11 is 0. The quantitative estimate of drug-likeness (QED) is 0.142. The first-order valence-electron chi connectivity index (χ1n) is 15.7. The molecule has 0 aliphatic heterocycles. The molecule has 0 saturated heterocycles. The topological polar surface area (TPSA) is 6.48 Å². The number of benzene rings is 2. The van der Waals surface area contributed by atoms with E-state index in [1.54, 1.807) is 0 Å². The molecule has 0 N–H and O–H groups in total. The molecule has 0 aromatic heterocycles. The fourth-order valence-corrected chi connectivity index (χ4v) is 6.65. The second kappa shape index (κ2) is 15.9. The number of rotatable bonds is 18. The van der Waals surface area contributed by atoms with E-state index < -0.39 is 0 Å². The normalized spacial score (nSPS) is 13.3. The molecule has 2 nitrogen and oxygen atoms in total. The highest BCUT2D eigenvalue weighted by Gasteiger charge is 2.42. The predicted octanol–water partition coefficient (Wildman–Crippen LogP) is 8.50. The van der Waals surface area contributed by atoms with Crippen LogP contribution in [0.4, 0.5) is 0 Å². The second-order valence-corrected chi connectivity index (χ2v) is 11.3. The maximum Gasteiger partial charge on any atom is 0.0246 e. The van der Waals surface area contributed by atoms with Crippen molar-refractivity contribution in [3.63, 3.8) is 0 Å². The molecule has 39 heavy (non-hydrogen) atoms. The maximum absolute atomic E-state index is 5.90. The number of fused-ring (bicyclic) bond motifs is 3. The van der Waals surface area contributed by atoms with Gasteiger partial charge in [0.25, 0.3) is 0 Å². The van der Waals surface area contributed by atoms with Crippen LogP contribution in [0.25, 0.3) is 11.1 Å². The first kappa shape index (κ1) is 31.0. The van der Waals surface area contributed by atoms with Crippen LogP contribution in [-0.2, 0) is 5.41 Å². The lowest BCUT2D eigenvalue weighted by Crippen LogP contribution is -2.26. The van der Waals surface area contributed by atoms with Crippen LogP contribution in [0.15, 0.2) is 36.4 Å². The fraction of sp³-hybridized carbons (Fsp3) is 0.568. The van der Waals surface area contributed by atoms with Crippen LogP contribution in [0.3, 0.4) is 0 Å². The minimum Gasteiger partial charge on any atom is -0.304 e. The Morgan fingerprint density at radius 2 is 0.949 bits per heavy atom. The second-order valence-electron chi connectivity index (χ2n) is 11.3. The molecular formula is C37H52N2. The van der Waals surface area contributed by atoms with Gasteiger partial charge in [0.1, 0.15) is 0 Å². The Labute approximate surface area is 240 Å². The average Bonchev–Trinajstić information content (AvgIpc) is 3.24. The zero-order chi connectivity index (χ0) is 28.1. The lowest BCUT2D eigenvalue weighted by molar-refractivity contribution is 0.292. The third kappa shape index (κ3) is 7.78. The van der Waals surface area contributed by atoms with Crippen molar-refractivity contribution in [2.24, 2.45) is 0 Å². The van der Waals surface area contributed by atoms with Gasteiger partial charge in [-0.3, -0.25) is 0 Å². The summed E-state index contributed by atoms with van der Waals surface area (Å²) in [6.45, 7) is 16.1. The summed E-state index contributed by atoms with van der Waals surface area (Å²) in [7, 11) is 0. The van der Waals surface area contributed by atoms with Crippen LogP contribution in [0.1, 0.15) is 114 Å². The Bertz CT molecular complexity index is 1020. The molecule has 0 amide bonds. The lowest BCUT2D eigenvalue weighted by Gasteiger charge is -2.33. The molecule has 2 aromatic rings. The van der Waals surface area contributed by atoms with E-state index in [-0.39, 0.29) is 5.41 Å². The molecule has 1 aliphatic carbocycles. The van der Waals surface area contributed by atoms with Crippen LogP contribution < -0.4 is 0 Å². The van der Waals surface area contributed by atoms with Crippen LogP contribution in [-0.4, -0.2) is 49.1 Å². The largest absolute Gasteiger partial charge is 0.304 e. The number of nitrogens with zero attached hydrogens (tertiary/aromatic N) is 2. The predicted molar refractivity (Wildman–Crippen MR) is 170 cm³/mol. The minimum atomic E-state index is 0.00211. The van der Waals surface area contributed by atoms with Crippen molar-refractivity contribution < 1.29 is 0 Å². The van der Waals surface area contributed by atoms with Gasteiger partial charge in [-0.25, -0.2) is 0 Å². The Balaban J connectivity index is 1.80. The molecule has 1 aliphatic rings.